The van der Waals surface area contributed by atoms with E-state index in [0.717, 1.165) is 50.6 Å². The van der Waals surface area contributed by atoms with Gasteiger partial charge < -0.3 is 63.3 Å². The summed E-state index contributed by atoms with van der Waals surface area (Å²) in [6.45, 7) is 34.2. The van der Waals surface area contributed by atoms with E-state index in [2.05, 4.69) is 102 Å². The van der Waals surface area contributed by atoms with Crippen molar-refractivity contribution in [1.82, 2.24) is 21.3 Å². The summed E-state index contributed by atoms with van der Waals surface area (Å²) in [5, 5.41) is 11.7. The van der Waals surface area contributed by atoms with Crippen LogP contribution in [-0.4, -0.2) is 144 Å². The highest BCUT2D eigenvalue weighted by atomic mass is 28.4. The standard InChI is InChI=1S/C50H90N4O15Si2/c1-37(2)41(55)63-23-25-65-43(57)51-35-49(9)31-39(29-47(5,6)33-49)53-45(59)67-21-19-61-17-15-27-70(11,12)69-71(13,14)28-16-18-62-20-22-68-46(60)54-40-30-48(7,8)34-50(10,32-40)36-52-44(58)66-26-24-64-42(56)38(3)4/h39-40H,1,3,15-36H2,2,4-14H3,(H,51,57)(H,52,58)(H,53,59)(H,54,60). The van der Waals surface area contributed by atoms with E-state index in [9.17, 15) is 28.8 Å². The van der Waals surface area contributed by atoms with Gasteiger partial charge in [0.2, 0.25) is 0 Å². The average Bonchev–Trinajstić information content (AvgIpc) is 3.22. The van der Waals surface area contributed by atoms with Crippen molar-refractivity contribution in [2.75, 3.05) is 79.2 Å². The Morgan fingerprint density at radius 3 is 1.15 bits per heavy atom. The van der Waals surface area contributed by atoms with Gasteiger partial charge in [0.1, 0.15) is 39.6 Å². The number of amides is 4. The molecule has 19 nitrogen and oxygen atoms in total. The summed E-state index contributed by atoms with van der Waals surface area (Å²) in [6.07, 6.45) is 4.03. The zero-order valence-electron chi connectivity index (χ0n) is 45.2. The molecular formula is C50H90N4O15Si2. The smallest absolute Gasteiger partial charge is 0.407 e. The molecule has 2 aliphatic carbocycles. The third kappa shape index (κ3) is 28.0. The first kappa shape index (κ1) is 62.9. The number of nitrogens with one attached hydrogen (secondary N) is 4. The minimum absolute atomic E-state index is 0.0567. The van der Waals surface area contributed by atoms with Crippen LogP contribution >= 0.6 is 0 Å². The van der Waals surface area contributed by atoms with Gasteiger partial charge in [-0.15, -0.1) is 0 Å². The third-order valence-electron chi connectivity index (χ3n) is 12.3. The molecule has 4 N–H and O–H groups in total. The Morgan fingerprint density at radius 2 is 0.803 bits per heavy atom. The molecule has 0 bridgehead atoms. The maximum absolute atomic E-state index is 12.7. The maximum atomic E-state index is 12.7. The van der Waals surface area contributed by atoms with Gasteiger partial charge in [-0.1, -0.05) is 54.7 Å². The van der Waals surface area contributed by atoms with Crippen molar-refractivity contribution in [3.05, 3.63) is 24.3 Å². The van der Waals surface area contributed by atoms with Crippen molar-refractivity contribution in [3.63, 3.8) is 0 Å². The number of esters is 2. The molecule has 2 fully saturated rings. The summed E-state index contributed by atoms with van der Waals surface area (Å²) < 4.78 is 49.5. The first-order valence-electron chi connectivity index (χ1n) is 25.1. The van der Waals surface area contributed by atoms with Crippen LogP contribution < -0.4 is 21.3 Å². The van der Waals surface area contributed by atoms with Crippen LogP contribution in [0.3, 0.4) is 0 Å². The molecule has 2 aliphatic rings. The number of rotatable bonds is 30. The second kappa shape index (κ2) is 29.5. The van der Waals surface area contributed by atoms with Gasteiger partial charge in [0.25, 0.3) is 0 Å². The zero-order chi connectivity index (χ0) is 53.5. The highest BCUT2D eigenvalue weighted by molar-refractivity contribution is 6.84. The number of hydrogen-bond donors (Lipinski definition) is 4. The molecule has 0 saturated heterocycles. The van der Waals surface area contributed by atoms with Crippen LogP contribution in [0.25, 0.3) is 0 Å². The molecule has 21 heteroatoms. The Hall–Kier alpha value is -4.19. The minimum Gasteiger partial charge on any atom is -0.459 e. The van der Waals surface area contributed by atoms with Crippen molar-refractivity contribution in [2.45, 2.75) is 157 Å². The van der Waals surface area contributed by atoms with E-state index in [-0.39, 0.29) is 97.7 Å². The first-order chi connectivity index (χ1) is 32.9. The molecule has 0 aromatic heterocycles. The van der Waals surface area contributed by atoms with Crippen LogP contribution in [0.4, 0.5) is 19.2 Å². The molecule has 2 rings (SSSR count). The van der Waals surface area contributed by atoms with Gasteiger partial charge in [0.05, 0.1) is 13.2 Å². The monoisotopic (exact) mass is 1040 g/mol. The predicted molar refractivity (Wildman–Crippen MR) is 275 cm³/mol. The molecule has 0 aromatic rings. The summed E-state index contributed by atoms with van der Waals surface area (Å²) in [4.78, 5) is 73.1. The molecule has 4 atom stereocenters. The van der Waals surface area contributed by atoms with Crippen LogP contribution in [0.15, 0.2) is 24.3 Å². The zero-order valence-corrected chi connectivity index (χ0v) is 47.2. The van der Waals surface area contributed by atoms with Crippen molar-refractivity contribution >= 4 is 52.9 Å². The Kier molecular flexibility index (Phi) is 26.1. The Balaban J connectivity index is 1.58. The molecule has 4 amide bonds. The first-order valence-corrected chi connectivity index (χ1v) is 31.3. The van der Waals surface area contributed by atoms with Crippen LogP contribution in [0.5, 0.6) is 0 Å². The maximum Gasteiger partial charge on any atom is 0.407 e. The third-order valence-corrected chi connectivity index (χ3v) is 19.8. The highest BCUT2D eigenvalue weighted by Crippen LogP contribution is 2.47. The molecule has 71 heavy (non-hydrogen) atoms. The van der Waals surface area contributed by atoms with Crippen molar-refractivity contribution in [2.24, 2.45) is 21.7 Å². The molecule has 0 aliphatic heterocycles. The lowest BCUT2D eigenvalue weighted by atomic mass is 9.62. The van der Waals surface area contributed by atoms with Crippen molar-refractivity contribution in [3.8, 4) is 0 Å². The fraction of sp³-hybridized carbons (Fsp3) is 0.800. The van der Waals surface area contributed by atoms with E-state index < -0.39 is 52.9 Å². The molecule has 0 spiro atoms. The summed E-state index contributed by atoms with van der Waals surface area (Å²) in [7, 11) is -3.93. The topological polar surface area (TPSA) is 234 Å². The van der Waals surface area contributed by atoms with E-state index in [4.69, 9.17) is 42.0 Å². The molecule has 2 saturated carbocycles. The Bertz CT molecular complexity index is 1660. The van der Waals surface area contributed by atoms with Crippen LogP contribution in [-0.2, 0) is 51.6 Å². The average molecular weight is 1040 g/mol. The quantitative estimate of drug-likeness (QED) is 0.0174. The minimum atomic E-state index is -1.96. The van der Waals surface area contributed by atoms with Crippen LogP contribution in [0, 0.1) is 21.7 Å². The Labute approximate surface area is 425 Å². The number of ether oxygens (including phenoxy) is 8. The number of carbonyl (C=O) groups is 6. The summed E-state index contributed by atoms with van der Waals surface area (Å²) in [5.74, 6) is -1.07. The summed E-state index contributed by atoms with van der Waals surface area (Å²) in [5.41, 5.74) is -0.211. The molecular weight excluding hydrogens is 953 g/mol. The summed E-state index contributed by atoms with van der Waals surface area (Å²) >= 11 is 0. The van der Waals surface area contributed by atoms with E-state index in [1.165, 1.54) is 0 Å². The van der Waals surface area contributed by atoms with Gasteiger partial charge in [0.15, 0.2) is 16.6 Å². The molecule has 0 radical (unpaired) electrons. The number of carbonyl (C=O) groups excluding carboxylic acids is 6. The van der Waals surface area contributed by atoms with E-state index in [1.54, 1.807) is 13.8 Å². The van der Waals surface area contributed by atoms with Crippen molar-refractivity contribution < 1.29 is 70.8 Å². The summed E-state index contributed by atoms with van der Waals surface area (Å²) in [6, 6.07) is 1.61. The number of hydrogen-bond acceptors (Lipinski definition) is 15. The highest BCUT2D eigenvalue weighted by Gasteiger charge is 2.43. The second-order valence-corrected chi connectivity index (χ2v) is 31.8. The van der Waals surface area contributed by atoms with Gasteiger partial charge >= 0.3 is 36.3 Å². The SMILES string of the molecule is C=C(C)C(=O)OCCOC(=O)NCC1(C)CC(NC(=O)OCCOCCC[Si](C)(C)O[Si](C)(C)CCCOCCOC(=O)NC2CC(C)(C)CC(C)(CNC(=O)OCCOC(=O)C(=C)C)C2)CC(C)(C)C1. The van der Waals surface area contributed by atoms with Gasteiger partial charge in [-0.3, -0.25) is 0 Å². The fourth-order valence-electron chi connectivity index (χ4n) is 10.3. The fourth-order valence-corrected chi connectivity index (χ4v) is 19.0. The van der Waals surface area contributed by atoms with Crippen LogP contribution in [0.2, 0.25) is 38.3 Å². The largest absolute Gasteiger partial charge is 0.459 e. The van der Waals surface area contributed by atoms with Gasteiger partial charge in [-0.05, 0) is 125 Å². The van der Waals surface area contributed by atoms with Crippen LogP contribution in [0.1, 0.15) is 107 Å². The van der Waals surface area contributed by atoms with E-state index in [0.29, 0.717) is 39.1 Å². The van der Waals surface area contributed by atoms with E-state index >= 15 is 0 Å². The van der Waals surface area contributed by atoms with Gasteiger partial charge in [0, 0.05) is 49.5 Å². The molecule has 408 valence electrons. The van der Waals surface area contributed by atoms with E-state index in [1.807, 2.05) is 0 Å². The second-order valence-electron chi connectivity index (χ2n) is 22.9. The number of alkyl carbamates (subject to hydrolysis) is 4. The molecule has 0 heterocycles. The van der Waals surface area contributed by atoms with Gasteiger partial charge in [-0.25, -0.2) is 28.8 Å². The van der Waals surface area contributed by atoms with Gasteiger partial charge in [-0.2, -0.15) is 0 Å². The predicted octanol–water partition coefficient (Wildman–Crippen LogP) is 8.54. The van der Waals surface area contributed by atoms with Crippen molar-refractivity contribution in [1.29, 1.82) is 0 Å². The molecule has 4 unspecified atom stereocenters. The normalized spacial score (nSPS) is 21.6. The lowest BCUT2D eigenvalue weighted by Crippen LogP contribution is -2.50. The lowest BCUT2D eigenvalue weighted by Gasteiger charge is -2.46. The lowest BCUT2D eigenvalue weighted by molar-refractivity contribution is -0.140. The molecule has 0 aromatic carbocycles. The Morgan fingerprint density at radius 1 is 0.479 bits per heavy atom.